The van der Waals surface area contributed by atoms with Crippen molar-refractivity contribution in [3.63, 3.8) is 0 Å². The van der Waals surface area contributed by atoms with Crippen LogP contribution in [0.2, 0.25) is 0 Å². The van der Waals surface area contributed by atoms with Gasteiger partial charge in [-0.2, -0.15) is 0 Å². The minimum atomic E-state index is -1.61. The van der Waals surface area contributed by atoms with Gasteiger partial charge in [0.15, 0.2) is 5.60 Å². The Kier molecular flexibility index (Phi) is 18.8. The molecule has 61 heavy (non-hydrogen) atoms. The number of phenolic OH excluding ortho intramolecular Hbond substituents is 2. The first-order chi connectivity index (χ1) is 29.9. The fraction of sp³-hybridized carbons (Fsp3) is 0.578. The van der Waals surface area contributed by atoms with Crippen molar-refractivity contribution in [1.82, 2.24) is 4.90 Å². The van der Waals surface area contributed by atoms with Gasteiger partial charge in [-0.25, -0.2) is 4.79 Å². The molecule has 0 aromatic heterocycles. The molecule has 0 saturated heterocycles. The largest absolute Gasteiger partial charge is 0.507 e. The number of cyclic esters (lactones) is 1. The summed E-state index contributed by atoms with van der Waals surface area (Å²) in [4.78, 5) is 16.2. The molecule has 3 aliphatic rings. The summed E-state index contributed by atoms with van der Waals surface area (Å²) in [6, 6.07) is 12.4. The molecule has 0 spiro atoms. The predicted molar refractivity (Wildman–Crippen MR) is 220 cm³/mol. The van der Waals surface area contributed by atoms with E-state index in [0.717, 1.165) is 13.0 Å². The molecule has 336 valence electrons. The van der Waals surface area contributed by atoms with Crippen LogP contribution in [-0.2, 0) is 84.1 Å². The number of esters is 1. The van der Waals surface area contributed by atoms with Crippen LogP contribution in [0.4, 0.5) is 0 Å². The molecular weight excluding hydrogens is 794 g/mol. The molecule has 16 heteroatoms. The third-order valence-corrected chi connectivity index (χ3v) is 10.2. The molecule has 2 N–H and O–H groups in total. The van der Waals surface area contributed by atoms with Gasteiger partial charge in [0.2, 0.25) is 0 Å². The number of phenols is 2. The maximum Gasteiger partial charge on any atom is 0.340 e. The van der Waals surface area contributed by atoms with Gasteiger partial charge in [0, 0.05) is 45.5 Å². The van der Waals surface area contributed by atoms with E-state index < -0.39 is 11.6 Å². The second-order valence-electron chi connectivity index (χ2n) is 15.0. The monoisotopic (exact) mass is 855 g/mol. The van der Waals surface area contributed by atoms with E-state index in [4.69, 9.17) is 56.8 Å². The van der Waals surface area contributed by atoms with E-state index in [1.807, 2.05) is 20.2 Å². The Bertz CT molecular complexity index is 1660. The molecule has 0 saturated carbocycles. The summed E-state index contributed by atoms with van der Waals surface area (Å²) in [5.74, 6) is -0.0281. The first kappa shape index (κ1) is 46.6. The van der Waals surface area contributed by atoms with Gasteiger partial charge >= 0.3 is 5.97 Å². The van der Waals surface area contributed by atoms with E-state index in [1.54, 1.807) is 36.4 Å². The summed E-state index contributed by atoms with van der Waals surface area (Å²) in [7, 11) is 4.01. The van der Waals surface area contributed by atoms with Crippen LogP contribution >= 0.6 is 0 Å². The summed E-state index contributed by atoms with van der Waals surface area (Å²) in [5, 5.41) is 23.4. The third-order valence-electron chi connectivity index (χ3n) is 10.2. The second kappa shape index (κ2) is 24.7. The van der Waals surface area contributed by atoms with Gasteiger partial charge in [-0.3, -0.25) is 0 Å². The lowest BCUT2D eigenvalue weighted by Crippen LogP contribution is -2.30. The minimum absolute atomic E-state index is 0.0117. The number of aromatic hydroxyl groups is 2. The van der Waals surface area contributed by atoms with E-state index in [1.165, 1.54) is 0 Å². The van der Waals surface area contributed by atoms with Crippen LogP contribution in [-0.4, -0.2) is 154 Å². The first-order valence-corrected chi connectivity index (χ1v) is 21.0. The Labute approximate surface area is 357 Å². The molecule has 0 fully saturated rings. The van der Waals surface area contributed by atoms with Crippen LogP contribution in [0.5, 0.6) is 17.2 Å². The van der Waals surface area contributed by atoms with Gasteiger partial charge in [-0.05, 0) is 63.0 Å². The van der Waals surface area contributed by atoms with Crippen LogP contribution in [0, 0.1) is 0 Å². The van der Waals surface area contributed by atoms with Gasteiger partial charge in [0.25, 0.3) is 0 Å². The third kappa shape index (κ3) is 13.3. The zero-order valence-corrected chi connectivity index (χ0v) is 35.5. The van der Waals surface area contributed by atoms with Gasteiger partial charge in [0.1, 0.15) is 17.2 Å². The molecule has 3 aliphatic heterocycles. The summed E-state index contributed by atoms with van der Waals surface area (Å²) < 4.78 is 70.9. The molecule has 3 aromatic rings. The number of carbonyl (C=O) groups excluding carboxylic acids is 1. The van der Waals surface area contributed by atoms with E-state index >= 15 is 0 Å². The zero-order chi connectivity index (χ0) is 42.7. The summed E-state index contributed by atoms with van der Waals surface area (Å²) in [6.45, 7) is 6.95. The average molecular weight is 856 g/mol. The number of carbonyl (C=O) groups is 1. The fourth-order valence-corrected chi connectivity index (χ4v) is 7.15. The van der Waals surface area contributed by atoms with Crippen molar-refractivity contribution in [3.8, 4) is 17.2 Å². The highest BCUT2D eigenvalue weighted by Crippen LogP contribution is 2.50. The van der Waals surface area contributed by atoms with Crippen LogP contribution < -0.4 is 4.74 Å². The van der Waals surface area contributed by atoms with Crippen molar-refractivity contribution in [2.75, 3.05) is 133 Å². The SMILES string of the molecule is CN(C)CCCOc1ccc2c(c1)C(c1cc3c(O)c(c1)COCCOCCOCCOCCOC3)(c1cc3c(O)c(c1)COCCOCCOCCOCCOC3)OC2=O. The molecule has 16 nitrogen and oxygen atoms in total. The second-order valence-corrected chi connectivity index (χ2v) is 15.0. The van der Waals surface area contributed by atoms with Gasteiger partial charge in [0.05, 0.1) is 144 Å². The topological polar surface area (TPSA) is 172 Å². The van der Waals surface area contributed by atoms with Gasteiger partial charge in [-0.15, -0.1) is 0 Å². The summed E-state index contributed by atoms with van der Waals surface area (Å²) in [5.41, 5.74) is 2.06. The van der Waals surface area contributed by atoms with Crippen molar-refractivity contribution < 1.29 is 71.8 Å². The van der Waals surface area contributed by atoms with Crippen LogP contribution in [0.1, 0.15) is 55.7 Å². The highest BCUT2D eigenvalue weighted by atomic mass is 16.6. The maximum atomic E-state index is 14.2. The number of rotatable bonds is 7. The van der Waals surface area contributed by atoms with E-state index in [0.29, 0.717) is 136 Å². The first-order valence-electron chi connectivity index (χ1n) is 21.0. The Morgan fingerprint density at radius 3 is 1.26 bits per heavy atom. The molecule has 3 aromatic carbocycles. The summed E-state index contributed by atoms with van der Waals surface area (Å²) in [6.07, 6.45) is 0.785. The molecule has 3 heterocycles. The lowest BCUT2D eigenvalue weighted by molar-refractivity contribution is -0.0149. The van der Waals surface area contributed by atoms with E-state index in [9.17, 15) is 15.0 Å². The lowest BCUT2D eigenvalue weighted by atomic mass is 9.77. The van der Waals surface area contributed by atoms with Gasteiger partial charge in [-0.1, -0.05) is 0 Å². The number of hydrogen-bond acceptors (Lipinski definition) is 16. The molecule has 4 bridgehead atoms. The normalized spacial score (nSPS) is 19.8. The highest BCUT2D eigenvalue weighted by Gasteiger charge is 2.50. The molecule has 0 atom stereocenters. The van der Waals surface area contributed by atoms with Crippen LogP contribution in [0.25, 0.3) is 0 Å². The predicted octanol–water partition coefficient (Wildman–Crippen LogP) is 4.08. The molecule has 6 rings (SSSR count). The fourth-order valence-electron chi connectivity index (χ4n) is 7.15. The molecule has 0 aliphatic carbocycles. The van der Waals surface area contributed by atoms with Gasteiger partial charge < -0.3 is 72.0 Å². The highest BCUT2D eigenvalue weighted by molar-refractivity contribution is 5.96. The minimum Gasteiger partial charge on any atom is -0.507 e. The number of fused-ring (bicyclic) bond motifs is 5. The van der Waals surface area contributed by atoms with Crippen molar-refractivity contribution in [2.24, 2.45) is 0 Å². The van der Waals surface area contributed by atoms with E-state index in [2.05, 4.69) is 4.90 Å². The molecule has 0 radical (unpaired) electrons. The zero-order valence-electron chi connectivity index (χ0n) is 35.5. The number of hydrogen-bond donors (Lipinski definition) is 2. The standard InChI is InChI=1S/C45H61NO15/c1-46(2)6-3-7-60-39-4-5-40-41(28-39)45(61-44(40)49,37-24-33-29-56-20-16-52-12-8-50-9-13-53-17-21-57-30-34(25-37)42(33)47)38-26-35-31-58-22-18-54-14-10-51-11-15-55-19-23-59-32-36(27-38)43(35)48/h4-5,24-28,47-48H,3,6-23,29-32H2,1-2H3. The molecule has 0 unspecified atom stereocenters. The molecular formula is C45H61NO15. The lowest BCUT2D eigenvalue weighted by Gasteiger charge is -2.33. The Morgan fingerprint density at radius 2 is 0.902 bits per heavy atom. The average Bonchev–Trinajstić information content (AvgIpc) is 3.55. The Balaban J connectivity index is 1.46. The number of ether oxygens (including phenoxy) is 12. The van der Waals surface area contributed by atoms with Crippen molar-refractivity contribution in [1.29, 1.82) is 0 Å². The maximum absolute atomic E-state index is 14.2. The van der Waals surface area contributed by atoms with Crippen molar-refractivity contribution in [3.05, 3.63) is 87.0 Å². The quantitative estimate of drug-likeness (QED) is 0.257. The van der Waals surface area contributed by atoms with Crippen molar-refractivity contribution >= 4 is 5.97 Å². The number of benzene rings is 3. The van der Waals surface area contributed by atoms with Crippen LogP contribution in [0.3, 0.4) is 0 Å². The van der Waals surface area contributed by atoms with Crippen molar-refractivity contribution in [2.45, 2.75) is 38.4 Å². The van der Waals surface area contributed by atoms with E-state index in [-0.39, 0.29) is 64.4 Å². The van der Waals surface area contributed by atoms with Crippen LogP contribution in [0.15, 0.2) is 42.5 Å². The Hall–Kier alpha value is -3.91. The molecule has 0 amide bonds. The Morgan fingerprint density at radius 1 is 0.541 bits per heavy atom. The smallest absolute Gasteiger partial charge is 0.340 e. The number of nitrogens with zero attached hydrogens (tertiary/aromatic N) is 1. The summed E-state index contributed by atoms with van der Waals surface area (Å²) >= 11 is 0.